The molecule has 5 heteroatoms. The van der Waals surface area contributed by atoms with Gasteiger partial charge in [-0.25, -0.2) is 4.98 Å². The molecule has 1 atom stereocenters. The maximum absolute atomic E-state index is 12.8. The summed E-state index contributed by atoms with van der Waals surface area (Å²) < 4.78 is 0. The van der Waals surface area contributed by atoms with Crippen molar-refractivity contribution in [3.8, 4) is 0 Å². The number of carbonyl (C=O) groups excluding carboxylic acids is 1. The minimum absolute atomic E-state index is 0.0476. The molecule has 2 aromatic heterocycles. The van der Waals surface area contributed by atoms with Crippen molar-refractivity contribution in [1.29, 1.82) is 0 Å². The fourth-order valence-corrected chi connectivity index (χ4v) is 4.39. The minimum Gasteiger partial charge on any atom is -0.370 e. The molecule has 1 aliphatic rings. The molecule has 0 aromatic carbocycles. The van der Waals surface area contributed by atoms with E-state index in [0.29, 0.717) is 6.54 Å². The average molecular weight is 343 g/mol. The van der Waals surface area contributed by atoms with Crippen molar-refractivity contribution in [2.75, 3.05) is 18.4 Å². The number of nitrogens with one attached hydrogen (secondary N) is 2. The highest BCUT2D eigenvalue weighted by Crippen LogP contribution is 2.65. The van der Waals surface area contributed by atoms with Crippen molar-refractivity contribution in [1.82, 2.24) is 10.3 Å². The van der Waals surface area contributed by atoms with Crippen LogP contribution >= 0.6 is 11.3 Å². The van der Waals surface area contributed by atoms with Crippen LogP contribution in [0.1, 0.15) is 37.1 Å². The first kappa shape index (κ1) is 17.0. The molecule has 0 radical (unpaired) electrons. The molecule has 2 N–H and O–H groups in total. The van der Waals surface area contributed by atoms with E-state index >= 15 is 0 Å². The van der Waals surface area contributed by atoms with Crippen LogP contribution < -0.4 is 10.6 Å². The lowest BCUT2D eigenvalue weighted by Gasteiger charge is -2.19. The molecular weight excluding hydrogens is 318 g/mol. The van der Waals surface area contributed by atoms with Gasteiger partial charge in [0.1, 0.15) is 5.82 Å². The van der Waals surface area contributed by atoms with Gasteiger partial charge in [-0.2, -0.15) is 0 Å². The van der Waals surface area contributed by atoms with E-state index in [1.165, 1.54) is 4.88 Å². The van der Waals surface area contributed by atoms with Gasteiger partial charge in [-0.15, -0.1) is 11.3 Å². The summed E-state index contributed by atoms with van der Waals surface area (Å²) in [6.07, 6.45) is 3.66. The van der Waals surface area contributed by atoms with Crippen LogP contribution in [0.4, 0.5) is 5.82 Å². The lowest BCUT2D eigenvalue weighted by molar-refractivity contribution is -0.124. The first-order chi connectivity index (χ1) is 11.5. The van der Waals surface area contributed by atoms with Gasteiger partial charge < -0.3 is 10.6 Å². The summed E-state index contributed by atoms with van der Waals surface area (Å²) in [6.45, 7) is 7.86. The van der Waals surface area contributed by atoms with Gasteiger partial charge >= 0.3 is 0 Å². The topological polar surface area (TPSA) is 54.0 Å². The summed E-state index contributed by atoms with van der Waals surface area (Å²) in [5.41, 5.74) is 0.873. The normalized spacial score (nSPS) is 21.3. The van der Waals surface area contributed by atoms with Crippen LogP contribution in [0.2, 0.25) is 0 Å². The Balaban J connectivity index is 1.46. The first-order valence-corrected chi connectivity index (χ1v) is 9.32. The second-order valence-corrected chi connectivity index (χ2v) is 8.15. The number of aromatic nitrogens is 1. The third-order valence-electron chi connectivity index (χ3n) is 4.92. The molecule has 2 heterocycles. The summed E-state index contributed by atoms with van der Waals surface area (Å²) in [4.78, 5) is 18.3. The molecule has 0 bridgehead atoms. The summed E-state index contributed by atoms with van der Waals surface area (Å²) in [5, 5.41) is 8.47. The third-order valence-corrected chi connectivity index (χ3v) is 5.96. The smallest absolute Gasteiger partial charge is 0.232 e. The van der Waals surface area contributed by atoms with Crippen molar-refractivity contribution >= 4 is 23.1 Å². The lowest BCUT2D eigenvalue weighted by atomic mass is 9.93. The number of carbonyl (C=O) groups is 1. The van der Waals surface area contributed by atoms with E-state index < -0.39 is 0 Å². The molecule has 128 valence electrons. The van der Waals surface area contributed by atoms with Crippen LogP contribution in [0.3, 0.4) is 0 Å². The van der Waals surface area contributed by atoms with E-state index in [0.717, 1.165) is 30.8 Å². The summed E-state index contributed by atoms with van der Waals surface area (Å²) in [7, 11) is 0. The maximum atomic E-state index is 12.8. The predicted octanol–water partition coefficient (Wildman–Crippen LogP) is 3.74. The fraction of sp³-hybridized carbons (Fsp3) is 0.474. The average Bonchev–Trinajstić information content (AvgIpc) is 2.92. The second-order valence-electron chi connectivity index (χ2n) is 7.20. The molecule has 1 aliphatic carbocycles. The number of nitrogens with zero attached hydrogens (tertiary/aromatic N) is 1. The minimum atomic E-state index is -0.326. The monoisotopic (exact) mass is 343 g/mol. The number of anilines is 1. The SMILES string of the molecule is Cc1ccc(NCCCNC(=O)C2(c3cccs3)CC2(C)C)nc1. The van der Waals surface area contributed by atoms with Gasteiger partial charge in [0.05, 0.1) is 5.41 Å². The number of hydrogen-bond acceptors (Lipinski definition) is 4. The fourth-order valence-electron chi connectivity index (χ4n) is 3.29. The Kier molecular flexibility index (Phi) is 4.63. The molecule has 4 nitrogen and oxygen atoms in total. The predicted molar refractivity (Wildman–Crippen MR) is 99.5 cm³/mol. The summed E-state index contributed by atoms with van der Waals surface area (Å²) in [6, 6.07) is 8.13. The number of aryl methyl sites for hydroxylation is 1. The van der Waals surface area contributed by atoms with Crippen molar-refractivity contribution in [3.63, 3.8) is 0 Å². The Hall–Kier alpha value is -1.88. The number of amides is 1. The van der Waals surface area contributed by atoms with E-state index in [2.05, 4.69) is 40.9 Å². The molecule has 0 saturated heterocycles. The van der Waals surface area contributed by atoms with Gasteiger partial charge in [0.2, 0.25) is 5.91 Å². The third kappa shape index (κ3) is 3.18. The molecular formula is C19H25N3OS. The zero-order chi connectivity index (χ0) is 17.2. The first-order valence-electron chi connectivity index (χ1n) is 8.44. The second kappa shape index (κ2) is 6.55. The number of rotatable bonds is 7. The van der Waals surface area contributed by atoms with Gasteiger partial charge in [-0.05, 0) is 48.3 Å². The van der Waals surface area contributed by atoms with Gasteiger partial charge in [-0.3, -0.25) is 4.79 Å². The molecule has 1 fully saturated rings. The molecule has 3 rings (SSSR count). The van der Waals surface area contributed by atoms with Crippen molar-refractivity contribution in [2.45, 2.75) is 39.0 Å². The van der Waals surface area contributed by atoms with Gasteiger partial charge in [0.15, 0.2) is 0 Å². The number of hydrogen-bond donors (Lipinski definition) is 2. The summed E-state index contributed by atoms with van der Waals surface area (Å²) >= 11 is 1.68. The lowest BCUT2D eigenvalue weighted by Crippen LogP contribution is -2.38. The Labute approximate surface area is 147 Å². The van der Waals surface area contributed by atoms with E-state index in [1.54, 1.807) is 11.3 Å². The number of pyridine rings is 1. The molecule has 0 aliphatic heterocycles. The molecule has 1 amide bonds. The van der Waals surface area contributed by atoms with Crippen LogP contribution in [0, 0.1) is 12.3 Å². The van der Waals surface area contributed by atoms with Crippen LogP contribution in [-0.2, 0) is 10.2 Å². The quantitative estimate of drug-likeness (QED) is 0.753. The number of thiophene rings is 1. The van der Waals surface area contributed by atoms with E-state index in [1.807, 2.05) is 31.3 Å². The molecule has 1 unspecified atom stereocenters. The van der Waals surface area contributed by atoms with E-state index in [4.69, 9.17) is 0 Å². The van der Waals surface area contributed by atoms with Crippen LogP contribution in [-0.4, -0.2) is 24.0 Å². The standard InChI is InChI=1S/C19H25N3OS/c1-14-7-8-16(22-12-14)20-9-5-10-21-17(23)19(13-18(19,2)3)15-6-4-11-24-15/h4,6-8,11-12H,5,9-10,13H2,1-3H3,(H,20,22)(H,21,23). The highest BCUT2D eigenvalue weighted by atomic mass is 32.1. The molecule has 1 saturated carbocycles. The summed E-state index contributed by atoms with van der Waals surface area (Å²) in [5.74, 6) is 1.05. The zero-order valence-corrected chi connectivity index (χ0v) is 15.4. The largest absolute Gasteiger partial charge is 0.370 e. The Morgan fingerprint density at radius 3 is 2.67 bits per heavy atom. The highest BCUT2D eigenvalue weighted by molar-refractivity contribution is 7.10. The Bertz CT molecular complexity index is 694. The van der Waals surface area contributed by atoms with Crippen LogP contribution in [0.25, 0.3) is 0 Å². The maximum Gasteiger partial charge on any atom is 0.232 e. The van der Waals surface area contributed by atoms with E-state index in [-0.39, 0.29) is 16.7 Å². The van der Waals surface area contributed by atoms with Crippen molar-refractivity contribution in [2.24, 2.45) is 5.41 Å². The highest BCUT2D eigenvalue weighted by Gasteiger charge is 2.67. The zero-order valence-electron chi connectivity index (χ0n) is 14.6. The van der Waals surface area contributed by atoms with Crippen molar-refractivity contribution in [3.05, 3.63) is 46.3 Å². The van der Waals surface area contributed by atoms with Crippen molar-refractivity contribution < 1.29 is 4.79 Å². The van der Waals surface area contributed by atoms with Gasteiger partial charge in [-0.1, -0.05) is 26.0 Å². The van der Waals surface area contributed by atoms with Crippen LogP contribution in [0.15, 0.2) is 35.8 Å². The van der Waals surface area contributed by atoms with Gasteiger partial charge in [0.25, 0.3) is 0 Å². The molecule has 2 aromatic rings. The molecule has 24 heavy (non-hydrogen) atoms. The van der Waals surface area contributed by atoms with Gasteiger partial charge in [0, 0.05) is 24.2 Å². The molecule has 0 spiro atoms. The Morgan fingerprint density at radius 2 is 2.08 bits per heavy atom. The van der Waals surface area contributed by atoms with Crippen LogP contribution in [0.5, 0.6) is 0 Å². The Morgan fingerprint density at radius 1 is 1.29 bits per heavy atom. The van der Waals surface area contributed by atoms with E-state index in [9.17, 15) is 4.79 Å².